The van der Waals surface area contributed by atoms with Gasteiger partial charge in [0, 0.05) is 17.6 Å². The Bertz CT molecular complexity index is 915. The third-order valence-corrected chi connectivity index (χ3v) is 5.10. The lowest BCUT2D eigenvalue weighted by Crippen LogP contribution is -2.27. The number of hydrogen-bond acceptors (Lipinski definition) is 7. The van der Waals surface area contributed by atoms with Crippen molar-refractivity contribution in [3.63, 3.8) is 0 Å². The highest BCUT2D eigenvalue weighted by molar-refractivity contribution is 7.13. The van der Waals surface area contributed by atoms with E-state index < -0.39 is 6.10 Å². The van der Waals surface area contributed by atoms with Gasteiger partial charge < -0.3 is 21.4 Å². The van der Waals surface area contributed by atoms with Gasteiger partial charge in [-0.25, -0.2) is 4.98 Å². The zero-order valence-electron chi connectivity index (χ0n) is 15.9. The van der Waals surface area contributed by atoms with Gasteiger partial charge in [0.1, 0.15) is 0 Å². The molecule has 0 aliphatic rings. The van der Waals surface area contributed by atoms with Gasteiger partial charge >= 0.3 is 0 Å². The van der Waals surface area contributed by atoms with E-state index in [-0.39, 0.29) is 18.9 Å². The van der Waals surface area contributed by atoms with Gasteiger partial charge in [-0.1, -0.05) is 42.5 Å². The molecule has 0 aliphatic heterocycles. The maximum Gasteiger partial charge on any atom is 0.230 e. The molecule has 1 heterocycles. The second kappa shape index (κ2) is 10.1. The first kappa shape index (κ1) is 20.9. The standard InChI is InChI=1S/C21H24N4O3S/c22-21-24-18(14-29-21)12-20(27)23-17-8-6-15(7-9-17)10-11-25(28)13-19(26)16-4-2-1-3-5-16/h1-9,14,19,26,28H,10-13H2,(H2,22,24)(H,23,27). The summed E-state index contributed by atoms with van der Waals surface area (Å²) in [6.45, 7) is 0.528. The Labute approximate surface area is 173 Å². The molecule has 0 bridgehead atoms. The number of carbonyl (C=O) groups is 1. The molecule has 7 nitrogen and oxygen atoms in total. The van der Waals surface area contributed by atoms with Gasteiger partial charge in [0.15, 0.2) is 5.13 Å². The molecule has 0 fully saturated rings. The number of benzene rings is 2. The van der Waals surface area contributed by atoms with E-state index in [1.54, 1.807) is 5.38 Å². The number of aliphatic hydroxyl groups is 1. The minimum Gasteiger partial charge on any atom is -0.387 e. The number of hydroxylamine groups is 2. The van der Waals surface area contributed by atoms with Crippen LogP contribution in [0.25, 0.3) is 0 Å². The molecule has 0 radical (unpaired) electrons. The normalized spacial score (nSPS) is 12.1. The topological polar surface area (TPSA) is 112 Å². The molecule has 0 saturated heterocycles. The van der Waals surface area contributed by atoms with Gasteiger partial charge in [0.2, 0.25) is 5.91 Å². The lowest BCUT2D eigenvalue weighted by atomic mass is 10.1. The van der Waals surface area contributed by atoms with Crippen molar-refractivity contribution in [1.29, 1.82) is 0 Å². The van der Waals surface area contributed by atoms with Crippen molar-refractivity contribution in [1.82, 2.24) is 10.0 Å². The largest absolute Gasteiger partial charge is 0.387 e. The van der Waals surface area contributed by atoms with Crippen LogP contribution in [0, 0.1) is 0 Å². The Morgan fingerprint density at radius 2 is 1.90 bits per heavy atom. The van der Waals surface area contributed by atoms with Crippen molar-refractivity contribution in [3.05, 3.63) is 76.8 Å². The summed E-state index contributed by atoms with van der Waals surface area (Å²) in [6.07, 6.45) is 0.0510. The first-order valence-corrected chi connectivity index (χ1v) is 10.1. The van der Waals surface area contributed by atoms with E-state index in [2.05, 4.69) is 10.3 Å². The Kier molecular flexibility index (Phi) is 7.31. The number of nitrogens with zero attached hydrogens (tertiary/aromatic N) is 2. The first-order chi connectivity index (χ1) is 14.0. The quantitative estimate of drug-likeness (QED) is 0.402. The number of nitrogen functional groups attached to an aromatic ring is 1. The highest BCUT2D eigenvalue weighted by Gasteiger charge is 2.12. The molecule has 3 aromatic rings. The smallest absolute Gasteiger partial charge is 0.230 e. The fraction of sp³-hybridized carbons (Fsp3) is 0.238. The Morgan fingerprint density at radius 1 is 1.17 bits per heavy atom. The highest BCUT2D eigenvalue weighted by Crippen LogP contribution is 2.15. The summed E-state index contributed by atoms with van der Waals surface area (Å²) >= 11 is 1.31. The Hall–Kier alpha value is -2.78. The Morgan fingerprint density at radius 3 is 2.55 bits per heavy atom. The summed E-state index contributed by atoms with van der Waals surface area (Å²) in [6, 6.07) is 16.7. The highest BCUT2D eigenvalue weighted by atomic mass is 32.1. The fourth-order valence-corrected chi connectivity index (χ4v) is 3.42. The van der Waals surface area contributed by atoms with Crippen LogP contribution in [0.3, 0.4) is 0 Å². The number of aromatic nitrogens is 1. The van der Waals surface area contributed by atoms with Crippen LogP contribution >= 0.6 is 11.3 Å². The van der Waals surface area contributed by atoms with E-state index >= 15 is 0 Å². The average Bonchev–Trinajstić information content (AvgIpc) is 3.12. The predicted octanol–water partition coefficient (Wildman–Crippen LogP) is 2.87. The molecule has 0 aliphatic carbocycles. The summed E-state index contributed by atoms with van der Waals surface area (Å²) in [5.74, 6) is -0.153. The SMILES string of the molecule is Nc1nc(CC(=O)Nc2ccc(CCN(O)CC(O)c3ccccc3)cc2)cs1. The molecular weight excluding hydrogens is 388 g/mol. The third-order valence-electron chi connectivity index (χ3n) is 4.38. The second-order valence-corrected chi connectivity index (χ2v) is 7.58. The summed E-state index contributed by atoms with van der Waals surface area (Å²) in [4.78, 5) is 16.1. The summed E-state index contributed by atoms with van der Waals surface area (Å²) in [5.41, 5.74) is 8.71. The summed E-state index contributed by atoms with van der Waals surface area (Å²) < 4.78 is 0. The molecule has 1 amide bonds. The van der Waals surface area contributed by atoms with E-state index in [1.807, 2.05) is 54.6 Å². The van der Waals surface area contributed by atoms with Crippen molar-refractivity contribution in [3.8, 4) is 0 Å². The second-order valence-electron chi connectivity index (χ2n) is 6.69. The number of carbonyl (C=O) groups excluding carboxylic acids is 1. The van der Waals surface area contributed by atoms with Crippen LogP contribution < -0.4 is 11.1 Å². The number of anilines is 2. The van der Waals surface area contributed by atoms with Crippen LogP contribution in [-0.4, -0.2) is 39.4 Å². The van der Waals surface area contributed by atoms with Crippen molar-refractivity contribution in [2.75, 3.05) is 24.1 Å². The molecule has 2 aromatic carbocycles. The van der Waals surface area contributed by atoms with E-state index in [9.17, 15) is 15.1 Å². The average molecular weight is 413 g/mol. The number of aliphatic hydroxyl groups excluding tert-OH is 1. The van der Waals surface area contributed by atoms with Gasteiger partial charge in [-0.2, -0.15) is 5.06 Å². The van der Waals surface area contributed by atoms with Gasteiger partial charge in [-0.3, -0.25) is 4.79 Å². The van der Waals surface area contributed by atoms with Gasteiger partial charge in [-0.05, 0) is 29.7 Å². The number of thiazole rings is 1. The van der Waals surface area contributed by atoms with Crippen molar-refractivity contribution in [2.45, 2.75) is 18.9 Å². The molecule has 29 heavy (non-hydrogen) atoms. The molecule has 1 atom stereocenters. The van der Waals surface area contributed by atoms with E-state index in [0.29, 0.717) is 29.5 Å². The zero-order chi connectivity index (χ0) is 20.6. The van der Waals surface area contributed by atoms with E-state index in [1.165, 1.54) is 11.3 Å². The summed E-state index contributed by atoms with van der Waals surface area (Å²) in [5, 5.41) is 26.4. The third kappa shape index (κ3) is 6.65. The minimum atomic E-state index is -0.744. The van der Waals surface area contributed by atoms with Gasteiger partial charge in [0.05, 0.1) is 24.8 Å². The van der Waals surface area contributed by atoms with Crippen LogP contribution in [-0.2, 0) is 17.6 Å². The van der Waals surface area contributed by atoms with E-state index in [4.69, 9.17) is 5.73 Å². The van der Waals surface area contributed by atoms with Crippen molar-refractivity contribution >= 4 is 28.1 Å². The molecular formula is C21H24N4O3S. The molecule has 152 valence electrons. The van der Waals surface area contributed by atoms with E-state index in [0.717, 1.165) is 16.2 Å². The molecule has 8 heteroatoms. The zero-order valence-corrected chi connectivity index (χ0v) is 16.7. The van der Waals surface area contributed by atoms with Crippen LogP contribution in [0.1, 0.15) is 22.9 Å². The maximum atomic E-state index is 12.1. The fourth-order valence-electron chi connectivity index (χ4n) is 2.86. The number of hydrogen-bond donors (Lipinski definition) is 4. The molecule has 3 rings (SSSR count). The van der Waals surface area contributed by atoms with Crippen LogP contribution in [0.5, 0.6) is 0 Å². The first-order valence-electron chi connectivity index (χ1n) is 9.25. The van der Waals surface area contributed by atoms with Crippen LogP contribution in [0.2, 0.25) is 0 Å². The van der Waals surface area contributed by atoms with Crippen LogP contribution in [0.15, 0.2) is 60.0 Å². The molecule has 0 spiro atoms. The summed E-state index contributed by atoms with van der Waals surface area (Å²) in [7, 11) is 0. The lowest BCUT2D eigenvalue weighted by Gasteiger charge is -2.19. The van der Waals surface area contributed by atoms with Gasteiger partial charge in [0.25, 0.3) is 0 Å². The van der Waals surface area contributed by atoms with Gasteiger partial charge in [-0.15, -0.1) is 11.3 Å². The molecule has 1 aromatic heterocycles. The number of amides is 1. The minimum absolute atomic E-state index is 0.138. The van der Waals surface area contributed by atoms with Crippen molar-refractivity contribution in [2.24, 2.45) is 0 Å². The number of nitrogens with two attached hydrogens (primary N) is 1. The number of nitrogens with one attached hydrogen (secondary N) is 1. The molecule has 1 unspecified atom stereocenters. The predicted molar refractivity (Wildman–Crippen MR) is 114 cm³/mol. The lowest BCUT2D eigenvalue weighted by molar-refractivity contribution is -0.115. The number of rotatable bonds is 9. The molecule has 5 N–H and O–H groups in total. The maximum absolute atomic E-state index is 12.1. The monoisotopic (exact) mass is 412 g/mol. The molecule has 0 saturated carbocycles. The van der Waals surface area contributed by atoms with Crippen molar-refractivity contribution < 1.29 is 15.1 Å². The Balaban J connectivity index is 1.43. The van der Waals surface area contributed by atoms with Crippen LogP contribution in [0.4, 0.5) is 10.8 Å².